The largest absolute Gasteiger partial charge is 0.356 e. The van der Waals surface area contributed by atoms with E-state index in [0.717, 1.165) is 18.2 Å². The van der Waals surface area contributed by atoms with Crippen LogP contribution in [0.4, 0.5) is 0 Å². The molecule has 0 radical (unpaired) electrons. The summed E-state index contributed by atoms with van der Waals surface area (Å²) in [5, 5.41) is 8.97. The van der Waals surface area contributed by atoms with E-state index in [-0.39, 0.29) is 18.4 Å². The highest BCUT2D eigenvalue weighted by Gasteiger charge is 2.33. The molecule has 1 atom stereocenters. The lowest BCUT2D eigenvalue weighted by Gasteiger charge is -2.21. The van der Waals surface area contributed by atoms with Crippen molar-refractivity contribution in [3.8, 4) is 0 Å². The van der Waals surface area contributed by atoms with Crippen molar-refractivity contribution in [3.63, 3.8) is 0 Å². The molecule has 24 heavy (non-hydrogen) atoms. The molecule has 3 heterocycles. The number of benzene rings is 1. The zero-order valence-corrected chi connectivity index (χ0v) is 13.4. The molecule has 0 unspecified atom stereocenters. The van der Waals surface area contributed by atoms with Gasteiger partial charge < -0.3 is 13.9 Å². The lowest BCUT2D eigenvalue weighted by molar-refractivity contribution is -0.131. The van der Waals surface area contributed by atoms with Gasteiger partial charge in [0.05, 0.1) is 12.5 Å². The van der Waals surface area contributed by atoms with Crippen LogP contribution in [0.5, 0.6) is 0 Å². The van der Waals surface area contributed by atoms with E-state index in [1.54, 1.807) is 0 Å². The Morgan fingerprint density at radius 3 is 3.00 bits per heavy atom. The van der Waals surface area contributed by atoms with Crippen molar-refractivity contribution >= 4 is 16.9 Å². The van der Waals surface area contributed by atoms with Gasteiger partial charge in [0.15, 0.2) is 11.4 Å². The minimum Gasteiger partial charge on any atom is -0.356 e. The van der Waals surface area contributed by atoms with Gasteiger partial charge in [0.1, 0.15) is 5.69 Å². The van der Waals surface area contributed by atoms with E-state index >= 15 is 0 Å². The normalized spacial score (nSPS) is 17.7. The number of para-hydroxylation sites is 1. The highest BCUT2D eigenvalue weighted by Crippen LogP contribution is 2.31. The Bertz CT molecular complexity index is 869. The van der Waals surface area contributed by atoms with Crippen LogP contribution < -0.4 is 0 Å². The Hall–Kier alpha value is -2.70. The van der Waals surface area contributed by atoms with Gasteiger partial charge in [0.2, 0.25) is 11.8 Å². The molecule has 0 spiro atoms. The number of rotatable bonds is 4. The number of fused-ring (bicyclic) bond motifs is 1. The van der Waals surface area contributed by atoms with Crippen molar-refractivity contribution in [2.24, 2.45) is 0 Å². The third-order valence-electron chi connectivity index (χ3n) is 4.43. The molecule has 1 saturated heterocycles. The topological polar surface area (TPSA) is 85.3 Å². The van der Waals surface area contributed by atoms with Crippen LogP contribution in [0.25, 0.3) is 11.0 Å². The molecule has 1 aromatic carbocycles. The fourth-order valence-corrected chi connectivity index (χ4v) is 3.19. The summed E-state index contributed by atoms with van der Waals surface area (Å²) in [6, 6.07) is 7.46. The first kappa shape index (κ1) is 14.9. The standard InChI is InChI=1S/C17H18N4O3/c1-2-15-18-17(20-24-15)13-7-5-9-21(13)16(22)10-12-11-6-3-4-8-14(11)23-19-12/h3-4,6,8,13H,2,5,7,9-10H2,1H3/t13-/m1/s1. The van der Waals surface area contributed by atoms with Gasteiger partial charge in [0.25, 0.3) is 0 Å². The number of likely N-dealkylation sites (tertiary alicyclic amines) is 1. The first-order valence-corrected chi connectivity index (χ1v) is 8.21. The van der Waals surface area contributed by atoms with Crippen LogP contribution in [-0.2, 0) is 17.6 Å². The number of hydrogen-bond donors (Lipinski definition) is 0. The van der Waals surface area contributed by atoms with Gasteiger partial charge in [-0.2, -0.15) is 4.98 Å². The summed E-state index contributed by atoms with van der Waals surface area (Å²) in [5.74, 6) is 1.22. The van der Waals surface area contributed by atoms with Crippen molar-refractivity contribution in [3.05, 3.63) is 41.7 Å². The summed E-state index contributed by atoms with van der Waals surface area (Å²) in [5.41, 5.74) is 1.37. The van der Waals surface area contributed by atoms with Crippen LogP contribution in [0.3, 0.4) is 0 Å². The molecule has 1 amide bonds. The molecule has 1 aliphatic heterocycles. The lowest BCUT2D eigenvalue weighted by Crippen LogP contribution is -2.32. The SMILES string of the molecule is CCc1nc([C@H]2CCCN2C(=O)Cc2noc3ccccc23)no1. The quantitative estimate of drug-likeness (QED) is 0.733. The molecule has 0 aliphatic carbocycles. The van der Waals surface area contributed by atoms with Crippen LogP contribution in [-0.4, -0.2) is 32.6 Å². The Morgan fingerprint density at radius 1 is 1.29 bits per heavy atom. The third-order valence-corrected chi connectivity index (χ3v) is 4.43. The van der Waals surface area contributed by atoms with E-state index in [4.69, 9.17) is 9.05 Å². The number of carbonyl (C=O) groups is 1. The molecular formula is C17H18N4O3. The minimum atomic E-state index is -0.111. The van der Waals surface area contributed by atoms with E-state index in [1.807, 2.05) is 36.1 Å². The monoisotopic (exact) mass is 326 g/mol. The predicted octanol–water partition coefficient (Wildman–Crippen LogP) is 2.68. The van der Waals surface area contributed by atoms with Gasteiger partial charge in [-0.25, -0.2) is 0 Å². The summed E-state index contributed by atoms with van der Waals surface area (Å²) in [4.78, 5) is 19.0. The fraction of sp³-hybridized carbons (Fsp3) is 0.412. The fourth-order valence-electron chi connectivity index (χ4n) is 3.19. The molecule has 7 nitrogen and oxygen atoms in total. The van der Waals surface area contributed by atoms with E-state index in [0.29, 0.717) is 36.0 Å². The number of aryl methyl sites for hydroxylation is 1. The minimum absolute atomic E-state index is 0.0133. The zero-order valence-electron chi connectivity index (χ0n) is 13.4. The van der Waals surface area contributed by atoms with Crippen LogP contribution in [0, 0.1) is 0 Å². The summed E-state index contributed by atoms with van der Waals surface area (Å²) in [6.07, 6.45) is 2.70. The Balaban J connectivity index is 1.54. The second-order valence-electron chi connectivity index (χ2n) is 5.95. The lowest BCUT2D eigenvalue weighted by atomic mass is 10.1. The summed E-state index contributed by atoms with van der Waals surface area (Å²) < 4.78 is 10.5. The van der Waals surface area contributed by atoms with Crippen molar-refractivity contribution < 1.29 is 13.8 Å². The molecule has 3 aromatic rings. The smallest absolute Gasteiger partial charge is 0.229 e. The van der Waals surface area contributed by atoms with E-state index in [9.17, 15) is 4.79 Å². The van der Waals surface area contributed by atoms with Gasteiger partial charge >= 0.3 is 0 Å². The van der Waals surface area contributed by atoms with Crippen LogP contribution in [0.1, 0.15) is 43.2 Å². The van der Waals surface area contributed by atoms with Crippen molar-refractivity contribution in [1.29, 1.82) is 0 Å². The summed E-state index contributed by atoms with van der Waals surface area (Å²) in [6.45, 7) is 2.67. The summed E-state index contributed by atoms with van der Waals surface area (Å²) in [7, 11) is 0. The van der Waals surface area contributed by atoms with Crippen molar-refractivity contribution in [2.45, 2.75) is 38.6 Å². The number of amides is 1. The second kappa shape index (κ2) is 6.07. The Kier molecular flexibility index (Phi) is 3.76. The third kappa shape index (κ3) is 2.55. The maximum atomic E-state index is 12.8. The second-order valence-corrected chi connectivity index (χ2v) is 5.95. The molecule has 2 aromatic heterocycles. The highest BCUT2D eigenvalue weighted by molar-refractivity contribution is 5.86. The molecule has 0 saturated carbocycles. The van der Waals surface area contributed by atoms with Gasteiger partial charge in [-0.15, -0.1) is 0 Å². The first-order chi connectivity index (χ1) is 11.8. The Morgan fingerprint density at radius 2 is 2.17 bits per heavy atom. The van der Waals surface area contributed by atoms with E-state index < -0.39 is 0 Å². The van der Waals surface area contributed by atoms with Gasteiger partial charge in [0, 0.05) is 18.4 Å². The maximum Gasteiger partial charge on any atom is 0.229 e. The van der Waals surface area contributed by atoms with Gasteiger partial charge in [-0.05, 0) is 25.0 Å². The van der Waals surface area contributed by atoms with Crippen LogP contribution in [0.15, 0.2) is 33.3 Å². The number of aromatic nitrogens is 3. The molecular weight excluding hydrogens is 308 g/mol. The molecule has 1 aliphatic rings. The van der Waals surface area contributed by atoms with E-state index in [2.05, 4.69) is 15.3 Å². The number of nitrogens with zero attached hydrogens (tertiary/aromatic N) is 4. The average Bonchev–Trinajstić information content (AvgIpc) is 3.34. The number of carbonyl (C=O) groups excluding carboxylic acids is 1. The van der Waals surface area contributed by atoms with Crippen molar-refractivity contribution in [2.75, 3.05) is 6.54 Å². The molecule has 124 valence electrons. The molecule has 0 N–H and O–H groups in total. The summed E-state index contributed by atoms with van der Waals surface area (Å²) >= 11 is 0. The molecule has 1 fully saturated rings. The van der Waals surface area contributed by atoms with Gasteiger partial charge in [-0.3, -0.25) is 4.79 Å². The molecule has 0 bridgehead atoms. The Labute approximate surface area is 138 Å². The average molecular weight is 326 g/mol. The van der Waals surface area contributed by atoms with Crippen LogP contribution >= 0.6 is 0 Å². The predicted molar refractivity (Wildman–Crippen MR) is 85.1 cm³/mol. The van der Waals surface area contributed by atoms with Crippen LogP contribution in [0.2, 0.25) is 0 Å². The number of hydrogen-bond acceptors (Lipinski definition) is 6. The zero-order chi connectivity index (χ0) is 16.5. The highest BCUT2D eigenvalue weighted by atomic mass is 16.5. The first-order valence-electron chi connectivity index (χ1n) is 8.21. The molecule has 4 rings (SSSR count). The van der Waals surface area contributed by atoms with Gasteiger partial charge in [-0.1, -0.05) is 29.4 Å². The van der Waals surface area contributed by atoms with E-state index in [1.165, 1.54) is 0 Å². The molecule has 7 heteroatoms. The maximum absolute atomic E-state index is 12.8. The van der Waals surface area contributed by atoms with Crippen molar-refractivity contribution in [1.82, 2.24) is 20.2 Å².